The molecule has 18 heteroatoms. The van der Waals surface area contributed by atoms with Crippen molar-refractivity contribution < 1.29 is 52.7 Å². The van der Waals surface area contributed by atoms with E-state index in [0.717, 1.165) is 30.3 Å². The summed E-state index contributed by atoms with van der Waals surface area (Å²) in [4.78, 5) is 0. The third kappa shape index (κ3) is 4.86. The van der Waals surface area contributed by atoms with Gasteiger partial charge in [-0.15, -0.1) is 0 Å². The summed E-state index contributed by atoms with van der Waals surface area (Å²) in [5.41, 5.74) is -18.7. The summed E-state index contributed by atoms with van der Waals surface area (Å²) in [6.45, 7) is 0.662. The summed E-state index contributed by atoms with van der Waals surface area (Å²) in [5, 5.41) is 56.4. The van der Waals surface area contributed by atoms with E-state index in [2.05, 4.69) is 0 Å². The van der Waals surface area contributed by atoms with E-state index in [0.29, 0.717) is 6.92 Å². The van der Waals surface area contributed by atoms with Crippen LogP contribution in [0.3, 0.4) is 0 Å². The van der Waals surface area contributed by atoms with Gasteiger partial charge in [-0.25, -0.2) is 52.7 Å². The van der Waals surface area contributed by atoms with Crippen molar-refractivity contribution in [1.82, 2.24) is 0 Å². The fourth-order valence-electron chi connectivity index (χ4n) is 5.51. The van der Waals surface area contributed by atoms with E-state index in [1.165, 1.54) is 6.07 Å². The average Bonchev–Trinajstić information content (AvgIpc) is 3.70. The Labute approximate surface area is 271 Å². The van der Waals surface area contributed by atoms with Crippen LogP contribution in [0.1, 0.15) is 46.2 Å². The van der Waals surface area contributed by atoms with E-state index in [1.54, 1.807) is 0 Å². The molecule has 0 heterocycles. The number of hydrogen-bond donors (Lipinski definition) is 0. The van der Waals surface area contributed by atoms with E-state index in [-0.39, 0.29) is 6.08 Å². The van der Waals surface area contributed by atoms with Crippen LogP contribution in [0.2, 0.25) is 0 Å². The minimum atomic E-state index is -2.72. The van der Waals surface area contributed by atoms with Crippen molar-refractivity contribution in [2.45, 2.75) is 12.8 Å². The molecule has 6 nitrogen and oxygen atoms in total. The van der Waals surface area contributed by atoms with Crippen LogP contribution in [0.4, 0.5) is 52.7 Å². The molecule has 3 unspecified atom stereocenters. The number of allylic oxidation sites excluding steroid dienone is 4. The molecule has 3 atom stereocenters. The van der Waals surface area contributed by atoms with Gasteiger partial charge in [0.05, 0.1) is 40.3 Å². The van der Waals surface area contributed by atoms with Crippen molar-refractivity contribution >= 4 is 11.1 Å². The number of benzene rings is 3. The maximum absolute atomic E-state index is 15.3. The van der Waals surface area contributed by atoms with E-state index in [9.17, 15) is 42.1 Å². The molecule has 1 fully saturated rings. The van der Waals surface area contributed by atoms with Crippen LogP contribution in [-0.2, 0) is 0 Å². The van der Waals surface area contributed by atoms with Gasteiger partial charge in [-0.1, -0.05) is 6.92 Å². The predicted molar refractivity (Wildman–Crippen MR) is 139 cm³/mol. The Kier molecular flexibility index (Phi) is 9.16. The molecule has 4 rings (SSSR count). The molecule has 1 aliphatic carbocycles. The molecular weight excluding hydrogens is 696 g/mol. The van der Waals surface area contributed by atoms with Crippen LogP contribution in [0.15, 0.2) is 11.6 Å². The van der Waals surface area contributed by atoms with Crippen molar-refractivity contribution in [1.29, 1.82) is 31.6 Å². The summed E-state index contributed by atoms with van der Waals surface area (Å²) < 4.78 is 179. The maximum Gasteiger partial charge on any atom is 0.180 e. The molecule has 1 aliphatic rings. The Hall–Kier alpha value is -6.76. The zero-order valence-electron chi connectivity index (χ0n) is 24.0. The number of halogens is 12. The van der Waals surface area contributed by atoms with Crippen LogP contribution in [0.5, 0.6) is 0 Å². The highest BCUT2D eigenvalue weighted by atomic mass is 19.2. The Morgan fingerprint density at radius 1 is 0.520 bits per heavy atom. The normalized spacial score (nSPS) is 18.5. The first-order valence-corrected chi connectivity index (χ1v) is 12.9. The summed E-state index contributed by atoms with van der Waals surface area (Å²) in [6, 6.07) is 5.88. The van der Waals surface area contributed by atoms with Crippen LogP contribution in [0.25, 0.3) is 11.1 Å². The third-order valence-electron chi connectivity index (χ3n) is 8.02. The fourth-order valence-corrected chi connectivity index (χ4v) is 5.51. The maximum atomic E-state index is 15.3. The molecule has 0 spiro atoms. The van der Waals surface area contributed by atoms with E-state index in [4.69, 9.17) is 15.8 Å². The van der Waals surface area contributed by atoms with Gasteiger partial charge in [0.25, 0.3) is 0 Å². The highest BCUT2D eigenvalue weighted by Crippen LogP contribution is 2.70. The van der Waals surface area contributed by atoms with E-state index in [1.807, 2.05) is 0 Å². The lowest BCUT2D eigenvalue weighted by Crippen LogP contribution is -2.13. The lowest BCUT2D eigenvalue weighted by atomic mass is 9.83. The van der Waals surface area contributed by atoms with Gasteiger partial charge in [-0.05, 0) is 11.6 Å². The van der Waals surface area contributed by atoms with Gasteiger partial charge in [0.15, 0.2) is 69.8 Å². The minimum Gasteiger partial charge on any atom is -0.203 e. The second kappa shape index (κ2) is 12.7. The third-order valence-corrected chi connectivity index (χ3v) is 8.02. The molecule has 0 saturated heterocycles. The molecule has 0 amide bonds. The van der Waals surface area contributed by atoms with Crippen molar-refractivity contribution in [3.63, 3.8) is 0 Å². The van der Waals surface area contributed by atoms with Crippen molar-refractivity contribution in [2.24, 2.45) is 11.3 Å². The highest BCUT2D eigenvalue weighted by Gasteiger charge is 2.67. The minimum absolute atomic E-state index is 0.0195. The molecule has 0 bridgehead atoms. The van der Waals surface area contributed by atoms with Gasteiger partial charge in [0, 0.05) is 16.9 Å². The number of rotatable bonds is 5. The topological polar surface area (TPSA) is 143 Å². The fraction of sp³-hybridized carbons (Fsp3) is 0.125. The summed E-state index contributed by atoms with van der Waals surface area (Å²) in [6.07, 6.45) is -0.0195. The molecule has 3 aromatic rings. The van der Waals surface area contributed by atoms with Crippen LogP contribution in [-0.4, -0.2) is 0 Å². The Bertz CT molecular complexity index is 2320. The second-order valence-electron chi connectivity index (χ2n) is 10.3. The van der Waals surface area contributed by atoms with Gasteiger partial charge in [0.2, 0.25) is 0 Å². The molecule has 50 heavy (non-hydrogen) atoms. The summed E-state index contributed by atoms with van der Waals surface area (Å²) in [5.74, 6) is -33.3. The van der Waals surface area contributed by atoms with Crippen molar-refractivity contribution in [3.8, 4) is 36.4 Å². The molecule has 0 N–H and O–H groups in total. The van der Waals surface area contributed by atoms with Crippen molar-refractivity contribution in [3.05, 3.63) is 115 Å². The Morgan fingerprint density at radius 2 is 0.880 bits per heavy atom. The number of nitrogens with zero attached hydrogens (tertiary/aromatic N) is 6. The standard InChI is InChI=1S/C32H6F12N6/c1-32(15(8-50)19(32)18-30(43)24(37)13(7-49)25(38)31(18)44)14(10(4-46)17-28(41)22(35)12(6-48)23(36)29(17)42)2-9(3-45)16-26(39)20(33)11(5-47)21(34)27(16)40/h2,15,19H,1H3/b9-2-,14-10-. The van der Waals surface area contributed by atoms with Gasteiger partial charge < -0.3 is 0 Å². The molecule has 1 saturated carbocycles. The van der Waals surface area contributed by atoms with Gasteiger partial charge >= 0.3 is 0 Å². The molecule has 0 radical (unpaired) electrons. The quantitative estimate of drug-likeness (QED) is 0.115. The average molecular weight is 702 g/mol. The molecule has 248 valence electrons. The molecule has 0 aromatic heterocycles. The lowest BCUT2D eigenvalue weighted by molar-refractivity contribution is 0.431. The first kappa shape index (κ1) is 36.1. The predicted octanol–water partition coefficient (Wildman–Crippen LogP) is 7.80. The van der Waals surface area contributed by atoms with E-state index < -0.39 is 137 Å². The first-order chi connectivity index (χ1) is 23.5. The Morgan fingerprint density at radius 3 is 1.20 bits per heavy atom. The largest absolute Gasteiger partial charge is 0.203 e. The monoisotopic (exact) mass is 702 g/mol. The number of hydrogen-bond acceptors (Lipinski definition) is 6. The SMILES string of the molecule is CC1(C(/C=C(/C#N)c2c(F)c(F)c(C#N)c(F)c2F)=C(/C#N)c2c(F)c(F)c(C#N)c(F)c2F)C(C#N)C1c1c(F)c(F)c(C#N)c(F)c1F. The summed E-state index contributed by atoms with van der Waals surface area (Å²) >= 11 is 0. The first-order valence-electron chi connectivity index (χ1n) is 12.9. The zero-order chi connectivity index (χ0) is 37.7. The lowest BCUT2D eigenvalue weighted by Gasteiger charge is -2.19. The zero-order valence-corrected chi connectivity index (χ0v) is 24.0. The van der Waals surface area contributed by atoms with Crippen LogP contribution in [0, 0.1) is 149 Å². The summed E-state index contributed by atoms with van der Waals surface area (Å²) in [7, 11) is 0. The van der Waals surface area contributed by atoms with Crippen LogP contribution < -0.4 is 0 Å². The van der Waals surface area contributed by atoms with Gasteiger partial charge in [0.1, 0.15) is 41.0 Å². The molecular formula is C32H6F12N6. The highest BCUT2D eigenvalue weighted by molar-refractivity contribution is 5.89. The number of nitriles is 6. The second-order valence-corrected chi connectivity index (χ2v) is 10.3. The Balaban J connectivity index is 2.27. The van der Waals surface area contributed by atoms with Gasteiger partial charge in [-0.3, -0.25) is 0 Å². The van der Waals surface area contributed by atoms with Crippen LogP contribution >= 0.6 is 0 Å². The van der Waals surface area contributed by atoms with E-state index >= 15 is 26.3 Å². The smallest absolute Gasteiger partial charge is 0.180 e. The molecule has 3 aromatic carbocycles. The molecule has 0 aliphatic heterocycles. The van der Waals surface area contributed by atoms with Gasteiger partial charge in [-0.2, -0.15) is 31.6 Å². The van der Waals surface area contributed by atoms with Crippen molar-refractivity contribution in [2.75, 3.05) is 0 Å².